The van der Waals surface area contributed by atoms with Crippen molar-refractivity contribution in [3.05, 3.63) is 23.8 Å². The Balaban J connectivity index is 1.97. The van der Waals surface area contributed by atoms with E-state index >= 15 is 0 Å². The molecule has 0 N–H and O–H groups in total. The molecular weight excluding hydrogens is 276 g/mol. The summed E-state index contributed by atoms with van der Waals surface area (Å²) in [6, 6.07) is 5.61. The number of hydrogen-bond donors (Lipinski definition) is 0. The molecule has 2 rings (SSSR count). The lowest BCUT2D eigenvalue weighted by molar-refractivity contribution is 0.0903. The van der Waals surface area contributed by atoms with Crippen LogP contribution in [0.4, 0.5) is 0 Å². The van der Waals surface area contributed by atoms with E-state index in [0.717, 1.165) is 42.9 Å². The van der Waals surface area contributed by atoms with E-state index in [1.807, 2.05) is 18.2 Å². The number of halogens is 1. The highest BCUT2D eigenvalue weighted by Gasteiger charge is 2.15. The van der Waals surface area contributed by atoms with Gasteiger partial charge in [0.15, 0.2) is 0 Å². The van der Waals surface area contributed by atoms with E-state index in [2.05, 4.69) is 11.8 Å². The van der Waals surface area contributed by atoms with Gasteiger partial charge in [0.2, 0.25) is 0 Å². The van der Waals surface area contributed by atoms with Crippen LogP contribution < -0.4 is 9.47 Å². The molecule has 1 aromatic rings. The summed E-state index contributed by atoms with van der Waals surface area (Å²) < 4.78 is 16.6. The molecule has 0 bridgehead atoms. The SMILES string of the molecule is COc1ccc(OCCC2CCCO2)c(C#CCCl)c1. The van der Waals surface area contributed by atoms with Crippen LogP contribution in [0.2, 0.25) is 0 Å². The Morgan fingerprint density at radius 3 is 3.05 bits per heavy atom. The van der Waals surface area contributed by atoms with Crippen LogP contribution in [0.5, 0.6) is 11.5 Å². The Morgan fingerprint density at radius 1 is 1.45 bits per heavy atom. The van der Waals surface area contributed by atoms with Gasteiger partial charge in [-0.2, -0.15) is 0 Å². The fourth-order valence-electron chi connectivity index (χ4n) is 2.16. The topological polar surface area (TPSA) is 27.7 Å². The number of hydrogen-bond acceptors (Lipinski definition) is 3. The van der Waals surface area contributed by atoms with Crippen LogP contribution in [-0.2, 0) is 4.74 Å². The monoisotopic (exact) mass is 294 g/mol. The average molecular weight is 295 g/mol. The molecule has 1 unspecified atom stereocenters. The first-order valence-electron chi connectivity index (χ1n) is 6.80. The van der Waals surface area contributed by atoms with Gasteiger partial charge in [0.25, 0.3) is 0 Å². The van der Waals surface area contributed by atoms with E-state index in [0.29, 0.717) is 18.6 Å². The van der Waals surface area contributed by atoms with E-state index in [1.54, 1.807) is 7.11 Å². The van der Waals surface area contributed by atoms with Crippen molar-refractivity contribution in [2.75, 3.05) is 26.2 Å². The molecule has 4 heteroatoms. The zero-order valence-electron chi connectivity index (χ0n) is 11.7. The molecule has 1 saturated heterocycles. The lowest BCUT2D eigenvalue weighted by Crippen LogP contribution is -2.11. The molecule has 1 aliphatic rings. The van der Waals surface area contributed by atoms with Gasteiger partial charge < -0.3 is 14.2 Å². The zero-order valence-corrected chi connectivity index (χ0v) is 12.4. The van der Waals surface area contributed by atoms with E-state index in [-0.39, 0.29) is 0 Å². The second kappa shape index (κ2) is 8.04. The van der Waals surface area contributed by atoms with Crippen molar-refractivity contribution in [1.29, 1.82) is 0 Å². The Kier molecular flexibility index (Phi) is 6.04. The maximum atomic E-state index is 5.81. The van der Waals surface area contributed by atoms with Gasteiger partial charge in [0, 0.05) is 13.0 Å². The fraction of sp³-hybridized carbons (Fsp3) is 0.500. The van der Waals surface area contributed by atoms with Crippen molar-refractivity contribution >= 4 is 11.6 Å². The molecule has 1 fully saturated rings. The predicted molar refractivity (Wildman–Crippen MR) is 79.7 cm³/mol. The largest absolute Gasteiger partial charge is 0.497 e. The Morgan fingerprint density at radius 2 is 2.35 bits per heavy atom. The van der Waals surface area contributed by atoms with Crippen molar-refractivity contribution in [3.8, 4) is 23.3 Å². The fourth-order valence-corrected chi connectivity index (χ4v) is 2.23. The van der Waals surface area contributed by atoms with E-state index in [1.165, 1.54) is 0 Å². The summed E-state index contributed by atoms with van der Waals surface area (Å²) in [4.78, 5) is 0. The van der Waals surface area contributed by atoms with Crippen LogP contribution in [0.25, 0.3) is 0 Å². The summed E-state index contributed by atoms with van der Waals surface area (Å²) in [5.74, 6) is 7.66. The van der Waals surface area contributed by atoms with Gasteiger partial charge >= 0.3 is 0 Å². The predicted octanol–water partition coefficient (Wildman–Crippen LogP) is 3.23. The molecule has 20 heavy (non-hydrogen) atoms. The molecule has 0 spiro atoms. The molecule has 0 aromatic heterocycles. The summed E-state index contributed by atoms with van der Waals surface area (Å²) >= 11 is 5.61. The van der Waals surface area contributed by atoms with Crippen LogP contribution in [0, 0.1) is 11.8 Å². The molecule has 0 saturated carbocycles. The highest BCUT2D eigenvalue weighted by molar-refractivity contribution is 6.19. The third-order valence-electron chi connectivity index (χ3n) is 3.20. The minimum absolute atomic E-state index is 0.298. The third-order valence-corrected chi connectivity index (χ3v) is 3.33. The van der Waals surface area contributed by atoms with Gasteiger partial charge in [-0.25, -0.2) is 0 Å². The summed E-state index contributed by atoms with van der Waals surface area (Å²) in [5.41, 5.74) is 0.803. The highest BCUT2D eigenvalue weighted by Crippen LogP contribution is 2.24. The third kappa shape index (κ3) is 4.33. The van der Waals surface area contributed by atoms with Crippen molar-refractivity contribution < 1.29 is 14.2 Å². The van der Waals surface area contributed by atoms with Gasteiger partial charge in [0.05, 0.1) is 31.3 Å². The Labute approximate surface area is 125 Å². The second-order valence-electron chi connectivity index (χ2n) is 4.57. The van der Waals surface area contributed by atoms with Crippen LogP contribution in [0.1, 0.15) is 24.8 Å². The van der Waals surface area contributed by atoms with Crippen LogP contribution in [0.15, 0.2) is 18.2 Å². The number of ether oxygens (including phenoxy) is 3. The quantitative estimate of drug-likeness (QED) is 0.616. The lowest BCUT2D eigenvalue weighted by Gasteiger charge is -2.12. The molecule has 1 aliphatic heterocycles. The van der Waals surface area contributed by atoms with Crippen LogP contribution in [-0.4, -0.2) is 32.3 Å². The van der Waals surface area contributed by atoms with Crippen molar-refractivity contribution in [2.24, 2.45) is 0 Å². The van der Waals surface area contributed by atoms with Crippen molar-refractivity contribution in [2.45, 2.75) is 25.4 Å². The first-order chi connectivity index (χ1) is 9.83. The van der Waals surface area contributed by atoms with Gasteiger partial charge in [-0.1, -0.05) is 11.8 Å². The molecule has 0 aliphatic carbocycles. The number of alkyl halides is 1. The molecule has 3 nitrogen and oxygen atoms in total. The van der Waals surface area contributed by atoms with Crippen molar-refractivity contribution in [1.82, 2.24) is 0 Å². The molecule has 108 valence electrons. The molecule has 1 aromatic carbocycles. The van der Waals surface area contributed by atoms with Gasteiger partial charge in [-0.15, -0.1) is 11.6 Å². The number of benzene rings is 1. The number of methoxy groups -OCH3 is 1. The smallest absolute Gasteiger partial charge is 0.135 e. The average Bonchev–Trinajstić information content (AvgIpc) is 2.99. The van der Waals surface area contributed by atoms with E-state index in [4.69, 9.17) is 25.8 Å². The van der Waals surface area contributed by atoms with Gasteiger partial charge in [-0.3, -0.25) is 0 Å². The summed E-state index contributed by atoms with van der Waals surface area (Å²) in [5, 5.41) is 0. The normalized spacial score (nSPS) is 17.4. The minimum Gasteiger partial charge on any atom is -0.497 e. The minimum atomic E-state index is 0.298. The first kappa shape index (κ1) is 15.0. The lowest BCUT2D eigenvalue weighted by atomic mass is 10.2. The molecule has 0 amide bonds. The van der Waals surface area contributed by atoms with Gasteiger partial charge in [-0.05, 0) is 31.0 Å². The summed E-state index contributed by atoms with van der Waals surface area (Å²) in [6.45, 7) is 1.51. The molecule has 1 heterocycles. The van der Waals surface area contributed by atoms with Crippen molar-refractivity contribution in [3.63, 3.8) is 0 Å². The molecule has 1 atom stereocenters. The summed E-state index contributed by atoms with van der Waals surface area (Å²) in [6.07, 6.45) is 3.53. The maximum Gasteiger partial charge on any atom is 0.135 e. The van der Waals surface area contributed by atoms with Gasteiger partial charge in [0.1, 0.15) is 11.5 Å². The zero-order chi connectivity index (χ0) is 14.2. The van der Waals surface area contributed by atoms with E-state index in [9.17, 15) is 0 Å². The summed E-state index contributed by atoms with van der Waals surface area (Å²) in [7, 11) is 1.63. The highest BCUT2D eigenvalue weighted by atomic mass is 35.5. The molecular formula is C16H19ClO3. The standard InChI is InChI=1S/C16H19ClO3/c1-18-15-6-7-16(13(12-15)4-2-9-17)20-11-8-14-5-3-10-19-14/h6-7,12,14H,3,5,8-11H2,1H3. The van der Waals surface area contributed by atoms with Crippen LogP contribution >= 0.6 is 11.6 Å². The Bertz CT molecular complexity index is 484. The first-order valence-corrected chi connectivity index (χ1v) is 7.34. The second-order valence-corrected chi connectivity index (χ2v) is 4.84. The van der Waals surface area contributed by atoms with E-state index < -0.39 is 0 Å². The van der Waals surface area contributed by atoms with Crippen LogP contribution in [0.3, 0.4) is 0 Å². The number of rotatable bonds is 5. The maximum absolute atomic E-state index is 5.81. The Hall–Kier alpha value is -1.37. The molecule has 0 radical (unpaired) electrons.